The standard InChI is InChI=1S/C24H25N7O/c1-3-5-15-31-22(25-24(28-31)21(32)8-4-2)16-17-11-13-18(14-12-17)19-9-6-7-10-20(19)23-26-29-30-27-23/h3,6-7,9-14H,1,4-5,8,15-16H2,2H3,(H,26,27,29,30). The minimum atomic E-state index is -0.0143. The summed E-state index contributed by atoms with van der Waals surface area (Å²) in [6.45, 7) is 6.41. The van der Waals surface area contributed by atoms with Crippen LogP contribution in [0.25, 0.3) is 22.5 Å². The fourth-order valence-electron chi connectivity index (χ4n) is 3.55. The van der Waals surface area contributed by atoms with Gasteiger partial charge in [0, 0.05) is 24.9 Å². The van der Waals surface area contributed by atoms with Crippen LogP contribution < -0.4 is 0 Å². The summed E-state index contributed by atoms with van der Waals surface area (Å²) in [6, 6.07) is 16.2. The van der Waals surface area contributed by atoms with Gasteiger partial charge in [0.25, 0.3) is 0 Å². The summed E-state index contributed by atoms with van der Waals surface area (Å²) in [5, 5.41) is 18.8. The van der Waals surface area contributed by atoms with Crippen LogP contribution in [-0.4, -0.2) is 41.2 Å². The number of allylic oxidation sites excluding steroid dienone is 1. The van der Waals surface area contributed by atoms with Crippen LogP contribution in [0.15, 0.2) is 61.2 Å². The van der Waals surface area contributed by atoms with Crippen LogP contribution in [0.2, 0.25) is 0 Å². The molecule has 2 aromatic heterocycles. The van der Waals surface area contributed by atoms with Crippen LogP contribution in [0.5, 0.6) is 0 Å². The summed E-state index contributed by atoms with van der Waals surface area (Å²) in [5.74, 6) is 1.63. The van der Waals surface area contributed by atoms with Gasteiger partial charge in [-0.15, -0.1) is 21.9 Å². The highest BCUT2D eigenvalue weighted by atomic mass is 16.1. The molecular weight excluding hydrogens is 402 g/mol. The zero-order valence-corrected chi connectivity index (χ0v) is 18.0. The Morgan fingerprint density at radius 3 is 2.59 bits per heavy atom. The van der Waals surface area contributed by atoms with E-state index in [0.29, 0.717) is 31.0 Å². The SMILES string of the molecule is C=CCCn1nc(C(=O)CCC)nc1Cc1ccc(-c2ccccc2-c2nn[nH]n2)cc1. The number of nitrogens with zero attached hydrogens (tertiary/aromatic N) is 6. The van der Waals surface area contributed by atoms with Gasteiger partial charge < -0.3 is 0 Å². The van der Waals surface area contributed by atoms with Crippen molar-refractivity contribution in [2.45, 2.75) is 39.2 Å². The Labute approximate surface area is 186 Å². The molecule has 8 nitrogen and oxygen atoms in total. The Kier molecular flexibility index (Phi) is 6.60. The van der Waals surface area contributed by atoms with Gasteiger partial charge in [-0.2, -0.15) is 5.21 Å². The summed E-state index contributed by atoms with van der Waals surface area (Å²) in [7, 11) is 0. The number of benzene rings is 2. The number of aryl methyl sites for hydroxylation is 1. The van der Waals surface area contributed by atoms with E-state index < -0.39 is 0 Å². The number of carbonyl (C=O) groups excluding carboxylic acids is 1. The molecule has 0 aliphatic rings. The van der Waals surface area contributed by atoms with Gasteiger partial charge in [0.15, 0.2) is 0 Å². The number of tetrazole rings is 1. The summed E-state index contributed by atoms with van der Waals surface area (Å²) >= 11 is 0. The van der Waals surface area contributed by atoms with E-state index in [2.05, 4.69) is 61.6 Å². The monoisotopic (exact) mass is 427 g/mol. The zero-order valence-electron chi connectivity index (χ0n) is 18.0. The molecule has 0 radical (unpaired) electrons. The number of Topliss-reactive ketones (excluding diaryl/α,β-unsaturated/α-hetero) is 1. The number of aromatic amines is 1. The fourth-order valence-corrected chi connectivity index (χ4v) is 3.55. The van der Waals surface area contributed by atoms with E-state index in [9.17, 15) is 4.79 Å². The van der Waals surface area contributed by atoms with E-state index >= 15 is 0 Å². The van der Waals surface area contributed by atoms with Crippen LogP contribution in [-0.2, 0) is 13.0 Å². The molecule has 0 spiro atoms. The van der Waals surface area contributed by atoms with Crippen molar-refractivity contribution in [3.05, 3.63) is 78.4 Å². The maximum absolute atomic E-state index is 12.3. The third kappa shape index (κ3) is 4.69. The predicted molar refractivity (Wildman–Crippen MR) is 122 cm³/mol. The van der Waals surface area contributed by atoms with E-state index in [1.807, 2.05) is 41.9 Å². The number of nitrogens with one attached hydrogen (secondary N) is 1. The molecule has 162 valence electrons. The minimum Gasteiger partial charge on any atom is -0.291 e. The van der Waals surface area contributed by atoms with E-state index in [1.54, 1.807) is 0 Å². The molecule has 32 heavy (non-hydrogen) atoms. The Morgan fingerprint density at radius 1 is 1.12 bits per heavy atom. The average molecular weight is 428 g/mol. The molecule has 0 aliphatic carbocycles. The largest absolute Gasteiger partial charge is 0.291 e. The summed E-state index contributed by atoms with van der Waals surface area (Å²) in [4.78, 5) is 16.8. The second-order valence-corrected chi connectivity index (χ2v) is 7.48. The van der Waals surface area contributed by atoms with Crippen LogP contribution >= 0.6 is 0 Å². The highest BCUT2D eigenvalue weighted by Crippen LogP contribution is 2.30. The Hall–Kier alpha value is -3.94. The Morgan fingerprint density at radius 2 is 1.91 bits per heavy atom. The fraction of sp³-hybridized carbons (Fsp3) is 0.250. The summed E-state index contributed by atoms with van der Waals surface area (Å²) in [5.41, 5.74) is 4.09. The molecule has 4 rings (SSSR count). The molecule has 0 fully saturated rings. The van der Waals surface area contributed by atoms with Gasteiger partial charge in [0.05, 0.1) is 0 Å². The molecule has 2 aromatic carbocycles. The number of ketones is 1. The van der Waals surface area contributed by atoms with E-state index in [-0.39, 0.29) is 5.78 Å². The maximum atomic E-state index is 12.3. The van der Waals surface area contributed by atoms with E-state index in [0.717, 1.165) is 40.9 Å². The van der Waals surface area contributed by atoms with Crippen molar-refractivity contribution in [2.75, 3.05) is 0 Å². The van der Waals surface area contributed by atoms with Crippen LogP contribution in [0.4, 0.5) is 0 Å². The van der Waals surface area contributed by atoms with Crippen molar-refractivity contribution in [2.24, 2.45) is 0 Å². The van der Waals surface area contributed by atoms with Crippen LogP contribution in [0.3, 0.4) is 0 Å². The number of H-pyrrole nitrogens is 1. The number of hydrogen-bond donors (Lipinski definition) is 1. The van der Waals surface area contributed by atoms with Gasteiger partial charge in [0.1, 0.15) is 5.82 Å². The first-order valence-electron chi connectivity index (χ1n) is 10.7. The number of rotatable bonds is 10. The summed E-state index contributed by atoms with van der Waals surface area (Å²) in [6.07, 6.45) is 4.44. The first kappa shape index (κ1) is 21.3. The van der Waals surface area contributed by atoms with E-state index in [1.165, 1.54) is 0 Å². The molecule has 1 N–H and O–H groups in total. The molecule has 0 unspecified atom stereocenters. The van der Waals surface area contributed by atoms with Gasteiger partial charge >= 0.3 is 0 Å². The second kappa shape index (κ2) is 9.91. The van der Waals surface area contributed by atoms with Crippen molar-refractivity contribution in [1.29, 1.82) is 0 Å². The quantitative estimate of drug-likeness (QED) is 0.299. The van der Waals surface area contributed by atoms with E-state index in [4.69, 9.17) is 0 Å². The van der Waals surface area contributed by atoms with Crippen molar-refractivity contribution < 1.29 is 4.79 Å². The topological polar surface area (TPSA) is 102 Å². The smallest absolute Gasteiger partial charge is 0.217 e. The Bertz CT molecular complexity index is 1190. The molecule has 0 atom stereocenters. The van der Waals surface area contributed by atoms with Crippen LogP contribution in [0.1, 0.15) is 48.2 Å². The molecule has 8 heteroatoms. The lowest BCUT2D eigenvalue weighted by Gasteiger charge is -2.08. The van der Waals surface area contributed by atoms with Crippen LogP contribution in [0, 0.1) is 0 Å². The Balaban J connectivity index is 1.58. The third-order valence-electron chi connectivity index (χ3n) is 5.16. The lowest BCUT2D eigenvalue weighted by atomic mass is 9.98. The minimum absolute atomic E-state index is 0.0143. The number of carbonyl (C=O) groups is 1. The average Bonchev–Trinajstić information content (AvgIpc) is 3.49. The first-order valence-corrected chi connectivity index (χ1v) is 10.7. The van der Waals surface area contributed by atoms with Gasteiger partial charge in [0.2, 0.25) is 17.4 Å². The lowest BCUT2D eigenvalue weighted by molar-refractivity contribution is 0.0971. The van der Waals surface area contributed by atoms with Gasteiger partial charge in [-0.25, -0.2) is 9.67 Å². The lowest BCUT2D eigenvalue weighted by Crippen LogP contribution is -2.06. The molecule has 4 aromatic rings. The predicted octanol–water partition coefficient (Wildman–Crippen LogP) is 4.27. The van der Waals surface area contributed by atoms with Crippen molar-refractivity contribution >= 4 is 5.78 Å². The highest BCUT2D eigenvalue weighted by Gasteiger charge is 2.16. The molecule has 0 bridgehead atoms. The van der Waals surface area contributed by atoms with Gasteiger partial charge in [-0.3, -0.25) is 4.79 Å². The number of aromatic nitrogens is 7. The normalized spacial score (nSPS) is 10.9. The molecule has 0 saturated heterocycles. The van der Waals surface area contributed by atoms with Crippen molar-refractivity contribution in [1.82, 2.24) is 35.4 Å². The van der Waals surface area contributed by atoms with Gasteiger partial charge in [-0.05, 0) is 34.7 Å². The molecule has 0 aliphatic heterocycles. The number of hydrogen-bond acceptors (Lipinski definition) is 6. The molecular formula is C24H25N7O. The zero-order chi connectivity index (χ0) is 22.3. The van der Waals surface area contributed by atoms with Crippen molar-refractivity contribution in [3.8, 4) is 22.5 Å². The summed E-state index contributed by atoms with van der Waals surface area (Å²) < 4.78 is 1.82. The molecule has 0 amide bonds. The van der Waals surface area contributed by atoms with Crippen molar-refractivity contribution in [3.63, 3.8) is 0 Å². The van der Waals surface area contributed by atoms with Gasteiger partial charge in [-0.1, -0.05) is 61.5 Å². The molecule has 0 saturated carbocycles. The molecule has 2 heterocycles. The second-order valence-electron chi connectivity index (χ2n) is 7.48. The highest BCUT2D eigenvalue weighted by molar-refractivity contribution is 5.92. The third-order valence-corrected chi connectivity index (χ3v) is 5.16. The maximum Gasteiger partial charge on any atom is 0.217 e. The first-order chi connectivity index (χ1) is 15.7.